The zero-order valence-electron chi connectivity index (χ0n) is 17.7. The number of methoxy groups -OCH3 is 1. The number of hydrogen-bond acceptors (Lipinski definition) is 6. The van der Waals surface area contributed by atoms with Gasteiger partial charge in [-0.1, -0.05) is 41.6 Å². The quantitative estimate of drug-likeness (QED) is 0.327. The first kappa shape index (κ1) is 24.3. The lowest BCUT2D eigenvalue weighted by atomic mass is 10.3. The van der Waals surface area contributed by atoms with E-state index in [1.54, 1.807) is 34.9 Å². The van der Waals surface area contributed by atoms with Crippen LogP contribution in [0.5, 0.6) is 5.75 Å². The molecule has 1 heterocycles. The summed E-state index contributed by atoms with van der Waals surface area (Å²) in [7, 11) is 1.50. The van der Waals surface area contributed by atoms with Gasteiger partial charge in [-0.25, -0.2) is 4.39 Å². The minimum absolute atomic E-state index is 0.0341. The van der Waals surface area contributed by atoms with Crippen LogP contribution in [0, 0.1) is 5.82 Å². The van der Waals surface area contributed by atoms with Crippen LogP contribution in [-0.2, 0) is 22.6 Å². The molecule has 8 nitrogen and oxygen atoms in total. The van der Waals surface area contributed by atoms with Crippen LogP contribution in [0.4, 0.5) is 15.8 Å². The van der Waals surface area contributed by atoms with Crippen molar-refractivity contribution in [2.24, 2.45) is 0 Å². The summed E-state index contributed by atoms with van der Waals surface area (Å²) in [5.74, 6) is -0.393. The molecule has 2 amide bonds. The molecule has 0 atom stereocenters. The molecule has 172 valence electrons. The number of ether oxygens (including phenoxy) is 1. The molecule has 33 heavy (non-hydrogen) atoms. The Kier molecular flexibility index (Phi) is 8.45. The SMILES string of the molecule is C=CCn1c(CC(=O)Nc2ccccc2F)nnc1SCC(=O)Nc1cc(Cl)ccc1OC. The molecule has 2 N–H and O–H groups in total. The molecule has 0 bridgehead atoms. The van der Waals surface area contributed by atoms with E-state index in [0.717, 1.165) is 11.8 Å². The summed E-state index contributed by atoms with van der Waals surface area (Å²) in [6, 6.07) is 10.8. The van der Waals surface area contributed by atoms with Gasteiger partial charge in [0, 0.05) is 11.6 Å². The second kappa shape index (κ2) is 11.5. The number of rotatable bonds is 10. The summed E-state index contributed by atoms with van der Waals surface area (Å²) in [5.41, 5.74) is 0.536. The average molecular weight is 490 g/mol. The summed E-state index contributed by atoms with van der Waals surface area (Å²) < 4.78 is 20.7. The van der Waals surface area contributed by atoms with Crippen molar-refractivity contribution in [3.63, 3.8) is 0 Å². The molecule has 0 saturated carbocycles. The van der Waals surface area contributed by atoms with E-state index in [1.807, 2.05) is 0 Å². The lowest BCUT2D eigenvalue weighted by molar-refractivity contribution is -0.116. The molecular weight excluding hydrogens is 469 g/mol. The zero-order valence-corrected chi connectivity index (χ0v) is 19.3. The van der Waals surface area contributed by atoms with Crippen LogP contribution in [0.1, 0.15) is 5.82 Å². The summed E-state index contributed by atoms with van der Waals surface area (Å²) in [6.45, 7) is 4.05. The molecule has 0 unspecified atom stereocenters. The number of carbonyl (C=O) groups is 2. The number of thioether (sulfide) groups is 1. The zero-order chi connectivity index (χ0) is 23.8. The fourth-order valence-electron chi connectivity index (χ4n) is 2.86. The van der Waals surface area contributed by atoms with Crippen LogP contribution < -0.4 is 15.4 Å². The molecule has 11 heteroatoms. The number of para-hydroxylation sites is 1. The van der Waals surface area contributed by atoms with E-state index in [9.17, 15) is 14.0 Å². The molecule has 3 aromatic rings. The van der Waals surface area contributed by atoms with Crippen LogP contribution in [0.2, 0.25) is 5.02 Å². The van der Waals surface area contributed by atoms with Gasteiger partial charge in [0.05, 0.1) is 30.7 Å². The number of hydrogen-bond donors (Lipinski definition) is 2. The normalized spacial score (nSPS) is 10.5. The van der Waals surface area contributed by atoms with Gasteiger partial charge in [0.25, 0.3) is 0 Å². The monoisotopic (exact) mass is 489 g/mol. The van der Waals surface area contributed by atoms with E-state index >= 15 is 0 Å². The van der Waals surface area contributed by atoms with Gasteiger partial charge in [0.2, 0.25) is 11.8 Å². The van der Waals surface area contributed by atoms with E-state index in [0.29, 0.717) is 34.0 Å². The number of anilines is 2. The summed E-state index contributed by atoms with van der Waals surface area (Å²) in [4.78, 5) is 24.8. The first-order valence-corrected chi connectivity index (χ1v) is 11.1. The molecule has 0 radical (unpaired) electrons. The van der Waals surface area contributed by atoms with Crippen LogP contribution in [-0.4, -0.2) is 39.4 Å². The summed E-state index contributed by atoms with van der Waals surface area (Å²) >= 11 is 7.14. The van der Waals surface area contributed by atoms with Crippen molar-refractivity contribution < 1.29 is 18.7 Å². The van der Waals surface area contributed by atoms with E-state index in [2.05, 4.69) is 27.4 Å². The van der Waals surface area contributed by atoms with E-state index in [-0.39, 0.29) is 23.8 Å². The highest BCUT2D eigenvalue weighted by Gasteiger charge is 2.17. The first-order chi connectivity index (χ1) is 15.9. The fraction of sp³-hybridized carbons (Fsp3) is 0.182. The minimum atomic E-state index is -0.531. The van der Waals surface area contributed by atoms with Crippen LogP contribution in [0.25, 0.3) is 0 Å². The van der Waals surface area contributed by atoms with Crippen molar-refractivity contribution in [2.75, 3.05) is 23.5 Å². The highest BCUT2D eigenvalue weighted by atomic mass is 35.5. The molecule has 1 aromatic heterocycles. The van der Waals surface area contributed by atoms with Crippen LogP contribution in [0.15, 0.2) is 60.3 Å². The van der Waals surface area contributed by atoms with E-state index in [4.69, 9.17) is 16.3 Å². The topological polar surface area (TPSA) is 98.1 Å². The maximum Gasteiger partial charge on any atom is 0.234 e. The van der Waals surface area contributed by atoms with Gasteiger partial charge in [-0.05, 0) is 30.3 Å². The Balaban J connectivity index is 1.65. The number of halogens is 2. The van der Waals surface area contributed by atoms with Gasteiger partial charge in [-0.2, -0.15) is 0 Å². The lowest BCUT2D eigenvalue weighted by Gasteiger charge is -2.11. The number of nitrogens with one attached hydrogen (secondary N) is 2. The third kappa shape index (κ3) is 6.56. The number of benzene rings is 2. The Morgan fingerprint density at radius 2 is 1.94 bits per heavy atom. The number of carbonyl (C=O) groups excluding carboxylic acids is 2. The van der Waals surface area contributed by atoms with Gasteiger partial charge in [-0.15, -0.1) is 16.8 Å². The smallest absolute Gasteiger partial charge is 0.234 e. The van der Waals surface area contributed by atoms with Gasteiger partial charge in [0.15, 0.2) is 5.16 Å². The van der Waals surface area contributed by atoms with Crippen molar-refractivity contribution in [3.8, 4) is 5.75 Å². The fourth-order valence-corrected chi connectivity index (χ4v) is 3.80. The van der Waals surface area contributed by atoms with Gasteiger partial charge in [0.1, 0.15) is 17.4 Å². The Morgan fingerprint density at radius 3 is 2.67 bits per heavy atom. The second-order valence-electron chi connectivity index (χ2n) is 6.68. The molecule has 0 aliphatic rings. The highest BCUT2D eigenvalue weighted by Crippen LogP contribution is 2.28. The number of allylic oxidation sites excluding steroid dienone is 1. The molecule has 0 aliphatic carbocycles. The summed E-state index contributed by atoms with van der Waals surface area (Å²) in [6.07, 6.45) is 1.50. The Labute approximate surface area is 199 Å². The molecule has 0 fully saturated rings. The van der Waals surface area contributed by atoms with Crippen molar-refractivity contribution in [1.29, 1.82) is 0 Å². The lowest BCUT2D eigenvalue weighted by Crippen LogP contribution is -2.18. The Morgan fingerprint density at radius 1 is 1.18 bits per heavy atom. The molecule has 3 rings (SSSR count). The van der Waals surface area contributed by atoms with Crippen molar-refractivity contribution in [1.82, 2.24) is 14.8 Å². The van der Waals surface area contributed by atoms with Gasteiger partial charge >= 0.3 is 0 Å². The minimum Gasteiger partial charge on any atom is -0.495 e. The predicted molar refractivity (Wildman–Crippen MR) is 126 cm³/mol. The first-order valence-electron chi connectivity index (χ1n) is 9.74. The predicted octanol–water partition coefficient (Wildman–Crippen LogP) is 4.18. The third-order valence-electron chi connectivity index (χ3n) is 4.34. The highest BCUT2D eigenvalue weighted by molar-refractivity contribution is 7.99. The number of amides is 2. The standard InChI is InChI=1S/C22H21ClFN5O3S/c1-3-10-29-19(12-20(30)25-16-7-5-4-6-15(16)24)27-28-22(29)33-13-21(31)26-17-11-14(23)8-9-18(17)32-2/h3-9,11H,1,10,12-13H2,2H3,(H,25,30)(H,26,31). The Hall–Kier alpha value is -3.37. The number of aromatic nitrogens is 3. The van der Waals surface area contributed by atoms with Crippen molar-refractivity contribution >= 4 is 46.6 Å². The maximum atomic E-state index is 13.8. The molecule has 2 aromatic carbocycles. The molecular formula is C22H21ClFN5O3S. The maximum absolute atomic E-state index is 13.8. The van der Waals surface area contributed by atoms with Gasteiger partial charge < -0.3 is 19.9 Å². The van der Waals surface area contributed by atoms with Crippen LogP contribution in [0.3, 0.4) is 0 Å². The van der Waals surface area contributed by atoms with Crippen molar-refractivity contribution in [3.05, 3.63) is 71.8 Å². The second-order valence-corrected chi connectivity index (χ2v) is 8.06. The average Bonchev–Trinajstić information content (AvgIpc) is 3.15. The third-order valence-corrected chi connectivity index (χ3v) is 5.54. The van der Waals surface area contributed by atoms with E-state index < -0.39 is 11.7 Å². The number of nitrogens with zero attached hydrogens (tertiary/aromatic N) is 3. The molecule has 0 spiro atoms. The van der Waals surface area contributed by atoms with E-state index in [1.165, 1.54) is 25.3 Å². The largest absolute Gasteiger partial charge is 0.495 e. The molecule has 0 saturated heterocycles. The molecule has 0 aliphatic heterocycles. The van der Waals surface area contributed by atoms with Crippen LogP contribution >= 0.6 is 23.4 Å². The summed E-state index contributed by atoms with van der Waals surface area (Å²) in [5, 5.41) is 14.3. The van der Waals surface area contributed by atoms with Crippen molar-refractivity contribution in [2.45, 2.75) is 18.1 Å². The Bertz CT molecular complexity index is 1170. The van der Waals surface area contributed by atoms with Gasteiger partial charge in [-0.3, -0.25) is 9.59 Å².